The minimum atomic E-state index is -0.395. The maximum Gasteiger partial charge on any atom is 0.268 e. The third-order valence-electron chi connectivity index (χ3n) is 2.70. The first-order valence-electron chi connectivity index (χ1n) is 5.73. The molecule has 0 aliphatic carbocycles. The quantitative estimate of drug-likeness (QED) is 0.736. The molecule has 18 heavy (non-hydrogen) atoms. The first kappa shape index (κ1) is 12.6. The van der Waals surface area contributed by atoms with Crippen LogP contribution in [0.15, 0.2) is 30.3 Å². The Balaban J connectivity index is 2.13. The van der Waals surface area contributed by atoms with Crippen LogP contribution in [-0.4, -0.2) is 42.4 Å². The second-order valence-corrected chi connectivity index (χ2v) is 4.08. The summed E-state index contributed by atoms with van der Waals surface area (Å²) in [7, 11) is 1.53. The molecule has 0 bridgehead atoms. The summed E-state index contributed by atoms with van der Waals surface area (Å²) in [6.07, 6.45) is 0. The zero-order valence-corrected chi connectivity index (χ0v) is 10.1. The molecule has 1 atom stereocenters. The van der Waals surface area contributed by atoms with Crippen LogP contribution in [0, 0.1) is 0 Å². The van der Waals surface area contributed by atoms with Crippen molar-refractivity contribution in [3.63, 3.8) is 0 Å². The number of benzene rings is 1. The lowest BCUT2D eigenvalue weighted by molar-refractivity contribution is 0.0836. The van der Waals surface area contributed by atoms with Gasteiger partial charge in [-0.2, -0.15) is 0 Å². The monoisotopic (exact) mass is 248 g/mol. The second-order valence-electron chi connectivity index (χ2n) is 4.08. The van der Waals surface area contributed by atoms with Crippen LogP contribution in [0.5, 0.6) is 0 Å². The zero-order valence-electron chi connectivity index (χ0n) is 10.1. The second kappa shape index (κ2) is 5.66. The molecule has 96 valence electrons. The molecule has 0 radical (unpaired) electrons. The molecule has 1 amide bonds. The standard InChI is InChI=1S/C13H16N2O3/c1-18-8-10(7-16)14-13(17)12-6-9-4-2-3-5-11(9)15-12/h2-6,10,15-16H,7-8H2,1H3,(H,14,17). The SMILES string of the molecule is COCC(CO)NC(=O)c1cc2ccccc2[nH]1. The molecular formula is C13H16N2O3. The number of carbonyl (C=O) groups is 1. The highest BCUT2D eigenvalue weighted by Gasteiger charge is 2.14. The van der Waals surface area contributed by atoms with Crippen molar-refractivity contribution in [2.24, 2.45) is 0 Å². The number of hydrogen-bond acceptors (Lipinski definition) is 3. The van der Waals surface area contributed by atoms with Crippen LogP contribution >= 0.6 is 0 Å². The number of ether oxygens (including phenoxy) is 1. The van der Waals surface area contributed by atoms with Gasteiger partial charge >= 0.3 is 0 Å². The summed E-state index contributed by atoms with van der Waals surface area (Å²) in [4.78, 5) is 15.0. The number of aromatic amines is 1. The highest BCUT2D eigenvalue weighted by molar-refractivity contribution is 5.98. The average molecular weight is 248 g/mol. The Labute approximate surface area is 105 Å². The van der Waals surface area contributed by atoms with Gasteiger partial charge in [-0.1, -0.05) is 18.2 Å². The van der Waals surface area contributed by atoms with Crippen molar-refractivity contribution in [2.75, 3.05) is 20.3 Å². The fourth-order valence-electron chi connectivity index (χ4n) is 1.80. The van der Waals surface area contributed by atoms with E-state index in [1.165, 1.54) is 7.11 Å². The van der Waals surface area contributed by atoms with Gasteiger partial charge in [0.2, 0.25) is 0 Å². The van der Waals surface area contributed by atoms with Gasteiger partial charge in [0, 0.05) is 18.0 Å². The summed E-state index contributed by atoms with van der Waals surface area (Å²) in [5, 5.41) is 12.8. The number of aliphatic hydroxyl groups excluding tert-OH is 1. The largest absolute Gasteiger partial charge is 0.394 e. The van der Waals surface area contributed by atoms with Gasteiger partial charge in [0.25, 0.3) is 5.91 Å². The lowest BCUT2D eigenvalue weighted by Gasteiger charge is -2.14. The molecule has 2 aromatic rings. The van der Waals surface area contributed by atoms with Crippen LogP contribution in [0.3, 0.4) is 0 Å². The Morgan fingerprint density at radius 3 is 2.94 bits per heavy atom. The van der Waals surface area contributed by atoms with E-state index in [1.807, 2.05) is 24.3 Å². The highest BCUT2D eigenvalue weighted by Crippen LogP contribution is 2.14. The van der Waals surface area contributed by atoms with E-state index in [0.717, 1.165) is 10.9 Å². The van der Waals surface area contributed by atoms with Gasteiger partial charge in [-0.25, -0.2) is 0 Å². The minimum Gasteiger partial charge on any atom is -0.394 e. The van der Waals surface area contributed by atoms with Crippen LogP contribution < -0.4 is 5.32 Å². The summed E-state index contributed by atoms with van der Waals surface area (Å²) >= 11 is 0. The molecule has 2 rings (SSSR count). The topological polar surface area (TPSA) is 74.3 Å². The lowest BCUT2D eigenvalue weighted by atomic mass is 10.2. The van der Waals surface area contributed by atoms with E-state index in [4.69, 9.17) is 9.84 Å². The summed E-state index contributed by atoms with van der Waals surface area (Å²) in [5.74, 6) is -0.248. The predicted octanol–water partition coefficient (Wildman–Crippen LogP) is 0.905. The van der Waals surface area contributed by atoms with Crippen LogP contribution in [0.25, 0.3) is 10.9 Å². The van der Waals surface area contributed by atoms with Gasteiger partial charge in [0.05, 0.1) is 19.3 Å². The molecule has 0 fully saturated rings. The fraction of sp³-hybridized carbons (Fsp3) is 0.308. The van der Waals surface area contributed by atoms with E-state index in [-0.39, 0.29) is 19.1 Å². The molecule has 5 heteroatoms. The van der Waals surface area contributed by atoms with E-state index in [1.54, 1.807) is 6.07 Å². The number of amides is 1. The molecule has 3 N–H and O–H groups in total. The summed E-state index contributed by atoms with van der Waals surface area (Å²) in [5.41, 5.74) is 1.39. The van der Waals surface area contributed by atoms with Gasteiger partial charge < -0.3 is 20.1 Å². The maximum absolute atomic E-state index is 11.9. The summed E-state index contributed by atoms with van der Waals surface area (Å²) in [6.45, 7) is 0.127. The van der Waals surface area contributed by atoms with E-state index in [2.05, 4.69) is 10.3 Å². The number of fused-ring (bicyclic) bond motifs is 1. The van der Waals surface area contributed by atoms with Gasteiger partial charge in [0.1, 0.15) is 5.69 Å². The molecular weight excluding hydrogens is 232 g/mol. The van der Waals surface area contributed by atoms with E-state index in [0.29, 0.717) is 5.69 Å². The molecule has 1 unspecified atom stereocenters. The number of hydrogen-bond donors (Lipinski definition) is 3. The van der Waals surface area contributed by atoms with Crippen LogP contribution in [0.4, 0.5) is 0 Å². The molecule has 5 nitrogen and oxygen atoms in total. The molecule has 0 saturated heterocycles. The van der Waals surface area contributed by atoms with Crippen LogP contribution in [0.2, 0.25) is 0 Å². The number of carbonyl (C=O) groups excluding carboxylic acids is 1. The van der Waals surface area contributed by atoms with Gasteiger partial charge in [-0.05, 0) is 12.1 Å². The van der Waals surface area contributed by atoms with E-state index < -0.39 is 6.04 Å². The van der Waals surface area contributed by atoms with Crippen LogP contribution in [0.1, 0.15) is 10.5 Å². The number of nitrogens with one attached hydrogen (secondary N) is 2. The normalized spacial score (nSPS) is 12.6. The molecule has 0 aliphatic rings. The van der Waals surface area contributed by atoms with Crippen molar-refractivity contribution in [1.29, 1.82) is 0 Å². The third-order valence-corrected chi connectivity index (χ3v) is 2.70. The Bertz CT molecular complexity index is 503. The average Bonchev–Trinajstić information content (AvgIpc) is 2.82. The first-order chi connectivity index (χ1) is 8.74. The van der Waals surface area contributed by atoms with Crippen molar-refractivity contribution in [3.8, 4) is 0 Å². The Hall–Kier alpha value is -1.85. The first-order valence-corrected chi connectivity index (χ1v) is 5.73. The number of rotatable bonds is 5. The van der Waals surface area contributed by atoms with E-state index in [9.17, 15) is 4.79 Å². The number of methoxy groups -OCH3 is 1. The molecule has 1 aromatic carbocycles. The maximum atomic E-state index is 11.9. The Morgan fingerprint density at radius 1 is 1.50 bits per heavy atom. The lowest BCUT2D eigenvalue weighted by Crippen LogP contribution is -2.40. The van der Waals surface area contributed by atoms with Gasteiger partial charge in [-0.15, -0.1) is 0 Å². The van der Waals surface area contributed by atoms with Gasteiger partial charge in [-0.3, -0.25) is 4.79 Å². The van der Waals surface area contributed by atoms with Crippen molar-refractivity contribution >= 4 is 16.8 Å². The van der Waals surface area contributed by atoms with Crippen LogP contribution in [-0.2, 0) is 4.74 Å². The Kier molecular flexibility index (Phi) is 3.96. The summed E-state index contributed by atoms with van der Waals surface area (Å²) < 4.78 is 4.91. The fourth-order valence-corrected chi connectivity index (χ4v) is 1.80. The number of aliphatic hydroxyl groups is 1. The number of H-pyrrole nitrogens is 1. The van der Waals surface area contributed by atoms with Crippen molar-refractivity contribution in [1.82, 2.24) is 10.3 Å². The third kappa shape index (κ3) is 2.69. The number of para-hydroxylation sites is 1. The predicted molar refractivity (Wildman–Crippen MR) is 68.5 cm³/mol. The molecule has 0 spiro atoms. The smallest absolute Gasteiger partial charge is 0.268 e. The van der Waals surface area contributed by atoms with E-state index >= 15 is 0 Å². The van der Waals surface area contributed by atoms with Gasteiger partial charge in [0.15, 0.2) is 0 Å². The molecule has 1 heterocycles. The molecule has 0 saturated carbocycles. The van der Waals surface area contributed by atoms with Crippen molar-refractivity contribution in [2.45, 2.75) is 6.04 Å². The van der Waals surface area contributed by atoms with Crippen molar-refractivity contribution in [3.05, 3.63) is 36.0 Å². The Morgan fingerprint density at radius 2 is 2.28 bits per heavy atom. The minimum absolute atomic E-state index is 0.153. The molecule has 0 aliphatic heterocycles. The molecule has 1 aromatic heterocycles. The number of aromatic nitrogens is 1. The zero-order chi connectivity index (χ0) is 13.0. The van der Waals surface area contributed by atoms with Crippen molar-refractivity contribution < 1.29 is 14.6 Å². The summed E-state index contributed by atoms with van der Waals surface area (Å²) in [6, 6.07) is 9.05. The highest BCUT2D eigenvalue weighted by atomic mass is 16.5.